The van der Waals surface area contributed by atoms with Crippen molar-refractivity contribution in [3.8, 4) is 5.75 Å². The van der Waals surface area contributed by atoms with Crippen LogP contribution in [0.25, 0.3) is 0 Å². The maximum Gasteiger partial charge on any atom is 0.119 e. The van der Waals surface area contributed by atoms with Crippen LogP contribution in [0.5, 0.6) is 5.75 Å². The molecule has 1 aliphatic carbocycles. The standard InChI is InChI=1S/C16H25NO/c1-12(2)5-4-10-18-14-8-9-15-13(11-14)6-3-7-16(15)17/h8-9,11-12,16H,3-7,10,17H2,1-2H3. The van der Waals surface area contributed by atoms with Gasteiger partial charge in [0.1, 0.15) is 5.75 Å². The van der Waals surface area contributed by atoms with Gasteiger partial charge >= 0.3 is 0 Å². The van der Waals surface area contributed by atoms with Crippen molar-refractivity contribution >= 4 is 0 Å². The third-order valence-electron chi connectivity index (χ3n) is 3.67. The topological polar surface area (TPSA) is 35.2 Å². The molecule has 0 amide bonds. The van der Waals surface area contributed by atoms with Crippen molar-refractivity contribution in [2.24, 2.45) is 11.7 Å². The molecule has 18 heavy (non-hydrogen) atoms. The molecule has 1 aliphatic rings. The maximum atomic E-state index is 6.11. The molecular weight excluding hydrogens is 222 g/mol. The number of nitrogens with two attached hydrogens (primary N) is 1. The summed E-state index contributed by atoms with van der Waals surface area (Å²) >= 11 is 0. The SMILES string of the molecule is CC(C)CCCOc1ccc2c(c1)CCCC2N. The summed E-state index contributed by atoms with van der Waals surface area (Å²) in [6.07, 6.45) is 5.82. The second-order valence-corrected chi connectivity index (χ2v) is 5.74. The number of aryl methyl sites for hydroxylation is 1. The van der Waals surface area contributed by atoms with Crippen molar-refractivity contribution in [3.05, 3.63) is 29.3 Å². The summed E-state index contributed by atoms with van der Waals surface area (Å²) in [5.74, 6) is 1.77. The molecule has 2 heteroatoms. The zero-order valence-corrected chi connectivity index (χ0v) is 11.6. The van der Waals surface area contributed by atoms with E-state index in [0.29, 0.717) is 0 Å². The van der Waals surface area contributed by atoms with Crippen LogP contribution in [-0.2, 0) is 6.42 Å². The molecular formula is C16H25NO. The Morgan fingerprint density at radius 2 is 2.22 bits per heavy atom. The van der Waals surface area contributed by atoms with Crippen molar-refractivity contribution in [2.45, 2.75) is 52.0 Å². The number of benzene rings is 1. The Bertz CT molecular complexity index is 387. The monoisotopic (exact) mass is 247 g/mol. The molecule has 1 atom stereocenters. The fourth-order valence-electron chi connectivity index (χ4n) is 2.60. The van der Waals surface area contributed by atoms with Gasteiger partial charge in [0.05, 0.1) is 6.61 Å². The predicted molar refractivity (Wildman–Crippen MR) is 75.9 cm³/mol. The highest BCUT2D eigenvalue weighted by molar-refractivity contribution is 5.38. The Hall–Kier alpha value is -1.02. The molecule has 0 heterocycles. The van der Waals surface area contributed by atoms with Crippen LogP contribution in [0.3, 0.4) is 0 Å². The Kier molecular flexibility index (Phi) is 4.65. The second-order valence-electron chi connectivity index (χ2n) is 5.74. The minimum Gasteiger partial charge on any atom is -0.494 e. The smallest absolute Gasteiger partial charge is 0.119 e. The van der Waals surface area contributed by atoms with E-state index >= 15 is 0 Å². The van der Waals surface area contributed by atoms with Crippen molar-refractivity contribution in [1.29, 1.82) is 0 Å². The van der Waals surface area contributed by atoms with Crippen molar-refractivity contribution in [1.82, 2.24) is 0 Å². The van der Waals surface area contributed by atoms with Crippen LogP contribution in [0, 0.1) is 5.92 Å². The molecule has 2 nitrogen and oxygen atoms in total. The van der Waals surface area contributed by atoms with Gasteiger partial charge < -0.3 is 10.5 Å². The highest BCUT2D eigenvalue weighted by Gasteiger charge is 2.16. The normalized spacial score (nSPS) is 18.8. The summed E-state index contributed by atoms with van der Waals surface area (Å²) in [6.45, 7) is 5.32. The van der Waals surface area contributed by atoms with Gasteiger partial charge in [-0.25, -0.2) is 0 Å². The first-order chi connectivity index (χ1) is 8.66. The maximum absolute atomic E-state index is 6.11. The summed E-state index contributed by atoms with van der Waals surface area (Å²) in [6, 6.07) is 6.63. The minimum atomic E-state index is 0.226. The summed E-state index contributed by atoms with van der Waals surface area (Å²) < 4.78 is 5.82. The van der Waals surface area contributed by atoms with Gasteiger partial charge in [-0.3, -0.25) is 0 Å². The fraction of sp³-hybridized carbons (Fsp3) is 0.625. The quantitative estimate of drug-likeness (QED) is 0.802. The molecule has 0 fully saturated rings. The van der Waals surface area contributed by atoms with Gasteiger partial charge in [-0.1, -0.05) is 19.9 Å². The minimum absolute atomic E-state index is 0.226. The lowest BCUT2D eigenvalue weighted by molar-refractivity contribution is 0.297. The van der Waals surface area contributed by atoms with E-state index in [9.17, 15) is 0 Å². The summed E-state index contributed by atoms with van der Waals surface area (Å²) in [5, 5.41) is 0. The number of hydrogen-bond acceptors (Lipinski definition) is 2. The first-order valence-corrected chi connectivity index (χ1v) is 7.18. The number of rotatable bonds is 5. The van der Waals surface area contributed by atoms with Gasteiger partial charge in [-0.05, 0) is 61.3 Å². The van der Waals surface area contributed by atoms with Crippen LogP contribution >= 0.6 is 0 Å². The highest BCUT2D eigenvalue weighted by Crippen LogP contribution is 2.30. The second kappa shape index (κ2) is 6.24. The van der Waals surface area contributed by atoms with E-state index in [0.717, 1.165) is 37.5 Å². The first-order valence-electron chi connectivity index (χ1n) is 7.18. The summed E-state index contributed by atoms with van der Waals surface area (Å²) in [7, 11) is 0. The van der Waals surface area contributed by atoms with Crippen molar-refractivity contribution in [3.63, 3.8) is 0 Å². The van der Waals surface area contributed by atoms with Crippen LogP contribution in [0.15, 0.2) is 18.2 Å². The lowest BCUT2D eigenvalue weighted by Crippen LogP contribution is -2.17. The molecule has 1 unspecified atom stereocenters. The van der Waals surface area contributed by atoms with Crippen LogP contribution in [-0.4, -0.2) is 6.61 Å². The molecule has 0 aliphatic heterocycles. The molecule has 0 aromatic heterocycles. The summed E-state index contributed by atoms with van der Waals surface area (Å²) in [5.41, 5.74) is 8.81. The highest BCUT2D eigenvalue weighted by atomic mass is 16.5. The molecule has 100 valence electrons. The predicted octanol–water partition coefficient (Wildman–Crippen LogP) is 3.84. The van der Waals surface area contributed by atoms with Gasteiger partial charge in [0.25, 0.3) is 0 Å². The zero-order valence-electron chi connectivity index (χ0n) is 11.6. The molecule has 1 aromatic carbocycles. The summed E-state index contributed by atoms with van der Waals surface area (Å²) in [4.78, 5) is 0. The molecule has 0 radical (unpaired) electrons. The zero-order chi connectivity index (χ0) is 13.0. The largest absolute Gasteiger partial charge is 0.494 e. The number of fused-ring (bicyclic) bond motifs is 1. The average molecular weight is 247 g/mol. The van der Waals surface area contributed by atoms with E-state index in [-0.39, 0.29) is 6.04 Å². The van der Waals surface area contributed by atoms with Gasteiger partial charge in [0, 0.05) is 6.04 Å². The number of ether oxygens (including phenoxy) is 1. The van der Waals surface area contributed by atoms with E-state index in [1.165, 1.54) is 24.0 Å². The van der Waals surface area contributed by atoms with Crippen LogP contribution in [0.4, 0.5) is 0 Å². The van der Waals surface area contributed by atoms with Crippen molar-refractivity contribution < 1.29 is 4.74 Å². The molecule has 1 aromatic rings. The van der Waals surface area contributed by atoms with Gasteiger partial charge in [0.15, 0.2) is 0 Å². The lowest BCUT2D eigenvalue weighted by atomic mass is 9.88. The Morgan fingerprint density at radius 1 is 1.39 bits per heavy atom. The molecule has 0 spiro atoms. The van der Waals surface area contributed by atoms with Gasteiger partial charge in [-0.15, -0.1) is 0 Å². The van der Waals surface area contributed by atoms with Crippen molar-refractivity contribution in [2.75, 3.05) is 6.61 Å². The molecule has 0 saturated heterocycles. The third-order valence-corrected chi connectivity index (χ3v) is 3.67. The Labute approximate surface area is 111 Å². The Balaban J connectivity index is 1.90. The molecule has 2 N–H and O–H groups in total. The van der Waals surface area contributed by atoms with Gasteiger partial charge in [0.2, 0.25) is 0 Å². The van der Waals surface area contributed by atoms with Crippen LogP contribution in [0.2, 0.25) is 0 Å². The van der Waals surface area contributed by atoms with E-state index in [2.05, 4.69) is 32.0 Å². The van der Waals surface area contributed by atoms with E-state index in [1.54, 1.807) is 0 Å². The van der Waals surface area contributed by atoms with E-state index in [4.69, 9.17) is 10.5 Å². The van der Waals surface area contributed by atoms with Crippen LogP contribution < -0.4 is 10.5 Å². The van der Waals surface area contributed by atoms with E-state index < -0.39 is 0 Å². The van der Waals surface area contributed by atoms with Crippen LogP contribution in [0.1, 0.15) is 56.7 Å². The third kappa shape index (κ3) is 3.49. The lowest BCUT2D eigenvalue weighted by Gasteiger charge is -2.22. The molecule has 2 rings (SSSR count). The fourth-order valence-corrected chi connectivity index (χ4v) is 2.60. The average Bonchev–Trinajstić information content (AvgIpc) is 2.35. The molecule has 0 saturated carbocycles. The number of hydrogen-bond donors (Lipinski definition) is 1. The Morgan fingerprint density at radius 3 is 3.00 bits per heavy atom. The molecule has 0 bridgehead atoms. The van der Waals surface area contributed by atoms with E-state index in [1.807, 2.05) is 0 Å². The first kappa shape index (κ1) is 13.4. The van der Waals surface area contributed by atoms with Gasteiger partial charge in [-0.2, -0.15) is 0 Å².